The van der Waals surface area contributed by atoms with Gasteiger partial charge in [0.15, 0.2) is 0 Å². The fourth-order valence-corrected chi connectivity index (χ4v) is 6.31. The van der Waals surface area contributed by atoms with E-state index in [0.29, 0.717) is 12.1 Å². The number of rotatable bonds is 7. The Bertz CT molecular complexity index is 1280. The van der Waals surface area contributed by atoms with Crippen LogP contribution in [0.3, 0.4) is 0 Å². The molecule has 5 rings (SSSR count). The summed E-state index contributed by atoms with van der Waals surface area (Å²) in [5.74, 6) is -0.305. The number of hydrogen-bond acceptors (Lipinski definition) is 5. The normalized spacial score (nSPS) is 24.4. The Morgan fingerprint density at radius 3 is 2.31 bits per heavy atom. The van der Waals surface area contributed by atoms with Crippen molar-refractivity contribution in [3.63, 3.8) is 0 Å². The van der Waals surface area contributed by atoms with Crippen LogP contribution in [0.2, 0.25) is 0 Å². The summed E-state index contributed by atoms with van der Waals surface area (Å²) in [7, 11) is -3.80. The summed E-state index contributed by atoms with van der Waals surface area (Å²) in [4.78, 5) is 5.11. The van der Waals surface area contributed by atoms with E-state index in [9.17, 15) is 13.5 Å². The number of aryl methyl sites for hydroxylation is 1. The SMILES string of the molecule is Cc1ccc(S(=O)(=O)N/N=C2\C[C@@H]3CC[C@H]([C@H]2[C@@H](O)c2ccccc2)N3Cc2ccccc2)cc1. The van der Waals surface area contributed by atoms with Crippen molar-refractivity contribution >= 4 is 15.7 Å². The molecule has 0 aromatic heterocycles. The zero-order chi connectivity index (χ0) is 24.4. The van der Waals surface area contributed by atoms with Gasteiger partial charge in [-0.05, 0) is 43.0 Å². The Morgan fingerprint density at radius 2 is 1.63 bits per heavy atom. The first kappa shape index (κ1) is 23.7. The molecule has 2 bridgehead atoms. The second kappa shape index (κ2) is 9.93. The lowest BCUT2D eigenvalue weighted by Crippen LogP contribution is -2.51. The quantitative estimate of drug-likeness (QED) is 0.482. The Hall–Kier alpha value is -3.00. The lowest BCUT2D eigenvalue weighted by atomic mass is 9.81. The van der Waals surface area contributed by atoms with Gasteiger partial charge in [-0.2, -0.15) is 13.5 Å². The number of sulfonamides is 1. The molecule has 2 N–H and O–H groups in total. The lowest BCUT2D eigenvalue weighted by molar-refractivity contribution is 0.0562. The summed E-state index contributed by atoms with van der Waals surface area (Å²) in [6.07, 6.45) is 1.78. The number of hydrazone groups is 1. The van der Waals surface area contributed by atoms with Gasteiger partial charge >= 0.3 is 0 Å². The number of aliphatic hydroxyl groups excluding tert-OH is 1. The van der Waals surface area contributed by atoms with Crippen molar-refractivity contribution in [2.24, 2.45) is 11.0 Å². The molecular weight excluding hydrogens is 458 g/mol. The summed E-state index contributed by atoms with van der Waals surface area (Å²) >= 11 is 0. The zero-order valence-electron chi connectivity index (χ0n) is 19.8. The van der Waals surface area contributed by atoms with E-state index in [1.165, 1.54) is 5.56 Å². The van der Waals surface area contributed by atoms with Crippen molar-refractivity contribution in [2.45, 2.75) is 55.8 Å². The highest BCUT2D eigenvalue weighted by Crippen LogP contribution is 2.43. The minimum atomic E-state index is -3.80. The van der Waals surface area contributed by atoms with Gasteiger partial charge in [-0.25, -0.2) is 4.83 Å². The zero-order valence-corrected chi connectivity index (χ0v) is 20.6. The molecule has 0 unspecified atom stereocenters. The van der Waals surface area contributed by atoms with E-state index in [0.717, 1.165) is 30.5 Å². The number of benzene rings is 3. The highest BCUT2D eigenvalue weighted by molar-refractivity contribution is 7.89. The van der Waals surface area contributed by atoms with Crippen LogP contribution in [0.1, 0.15) is 42.1 Å². The van der Waals surface area contributed by atoms with Crippen LogP contribution in [0.5, 0.6) is 0 Å². The fourth-order valence-electron chi connectivity index (χ4n) is 5.47. The van der Waals surface area contributed by atoms with Crippen molar-refractivity contribution in [2.75, 3.05) is 0 Å². The summed E-state index contributed by atoms with van der Waals surface area (Å²) < 4.78 is 25.9. The van der Waals surface area contributed by atoms with E-state index >= 15 is 0 Å². The van der Waals surface area contributed by atoms with E-state index in [4.69, 9.17) is 0 Å². The third-order valence-electron chi connectivity index (χ3n) is 7.26. The van der Waals surface area contributed by atoms with E-state index in [1.54, 1.807) is 24.3 Å². The highest BCUT2D eigenvalue weighted by atomic mass is 32.2. The van der Waals surface area contributed by atoms with Gasteiger partial charge < -0.3 is 5.11 Å². The van der Waals surface area contributed by atoms with Crippen molar-refractivity contribution in [1.29, 1.82) is 0 Å². The molecule has 4 atom stereocenters. The van der Waals surface area contributed by atoms with Crippen LogP contribution in [0, 0.1) is 12.8 Å². The van der Waals surface area contributed by atoms with Gasteiger partial charge in [0.25, 0.3) is 10.0 Å². The Kier molecular flexibility index (Phi) is 6.73. The van der Waals surface area contributed by atoms with Crippen LogP contribution in [0.25, 0.3) is 0 Å². The van der Waals surface area contributed by atoms with Crippen molar-refractivity contribution in [1.82, 2.24) is 9.73 Å². The fraction of sp³-hybridized carbons (Fsp3) is 0.321. The first-order valence-corrected chi connectivity index (χ1v) is 13.6. The van der Waals surface area contributed by atoms with Gasteiger partial charge in [-0.1, -0.05) is 78.4 Å². The molecule has 182 valence electrons. The molecule has 3 aromatic rings. The maximum atomic E-state index is 12.9. The van der Waals surface area contributed by atoms with Gasteiger partial charge in [0, 0.05) is 36.7 Å². The molecule has 2 fully saturated rings. The number of fused-ring (bicyclic) bond motifs is 2. The van der Waals surface area contributed by atoms with E-state index in [-0.39, 0.29) is 22.9 Å². The molecule has 7 heteroatoms. The standard InChI is InChI=1S/C28H31N3O3S/c1-20-12-15-24(16-13-20)35(33,34)30-29-25-18-23-14-17-26(31(23)19-21-8-4-2-5-9-21)27(25)28(32)22-10-6-3-7-11-22/h2-13,15-16,23,26-28,30,32H,14,17-19H2,1H3/b29-25+/t23-,26+,27-,28-/m0/s1. The third-order valence-corrected chi connectivity index (χ3v) is 8.49. The summed E-state index contributed by atoms with van der Waals surface area (Å²) in [6.45, 7) is 2.72. The number of piperidine rings is 1. The van der Waals surface area contributed by atoms with Gasteiger partial charge in [0.2, 0.25) is 0 Å². The maximum absolute atomic E-state index is 12.9. The molecule has 0 amide bonds. The minimum absolute atomic E-state index is 0.0757. The average Bonchev–Trinajstić information content (AvgIpc) is 3.14. The largest absolute Gasteiger partial charge is 0.388 e. The van der Waals surface area contributed by atoms with E-state index in [1.807, 2.05) is 55.5 Å². The number of nitrogens with one attached hydrogen (secondary N) is 1. The smallest absolute Gasteiger partial charge is 0.276 e. The molecule has 0 radical (unpaired) electrons. The van der Waals surface area contributed by atoms with Crippen LogP contribution in [-0.2, 0) is 16.6 Å². The molecular formula is C28H31N3O3S. The lowest BCUT2D eigenvalue weighted by Gasteiger charge is -2.42. The average molecular weight is 490 g/mol. The molecule has 2 aliphatic heterocycles. The Labute approximate surface area is 207 Å². The highest BCUT2D eigenvalue weighted by Gasteiger charge is 2.48. The van der Waals surface area contributed by atoms with Crippen LogP contribution in [0.4, 0.5) is 0 Å². The van der Waals surface area contributed by atoms with Crippen molar-refractivity contribution in [3.05, 3.63) is 102 Å². The second-order valence-corrected chi connectivity index (χ2v) is 11.2. The van der Waals surface area contributed by atoms with E-state index < -0.39 is 16.1 Å². The minimum Gasteiger partial charge on any atom is -0.388 e. The number of hydrogen-bond donors (Lipinski definition) is 2. The van der Waals surface area contributed by atoms with Gasteiger partial charge in [-0.15, -0.1) is 0 Å². The van der Waals surface area contributed by atoms with Crippen LogP contribution < -0.4 is 4.83 Å². The predicted molar refractivity (Wildman–Crippen MR) is 137 cm³/mol. The molecule has 2 saturated heterocycles. The van der Waals surface area contributed by atoms with Crippen molar-refractivity contribution in [3.8, 4) is 0 Å². The summed E-state index contributed by atoms with van der Waals surface area (Å²) in [5, 5.41) is 16.0. The third kappa shape index (κ3) is 5.03. The first-order valence-electron chi connectivity index (χ1n) is 12.1. The topological polar surface area (TPSA) is 82.0 Å². The van der Waals surface area contributed by atoms with Gasteiger partial charge in [0.1, 0.15) is 0 Å². The van der Waals surface area contributed by atoms with Crippen LogP contribution >= 0.6 is 0 Å². The molecule has 2 aliphatic rings. The first-order chi connectivity index (χ1) is 16.9. The molecule has 3 aromatic carbocycles. The number of nitrogens with zero attached hydrogens (tertiary/aromatic N) is 2. The molecule has 0 saturated carbocycles. The Morgan fingerprint density at radius 1 is 0.971 bits per heavy atom. The van der Waals surface area contributed by atoms with Crippen molar-refractivity contribution < 1.29 is 13.5 Å². The second-order valence-electron chi connectivity index (χ2n) is 9.55. The van der Waals surface area contributed by atoms with Gasteiger partial charge in [-0.3, -0.25) is 4.90 Å². The Balaban J connectivity index is 1.46. The summed E-state index contributed by atoms with van der Waals surface area (Å²) in [6, 6.07) is 27.0. The number of aliphatic hydroxyl groups is 1. The molecule has 6 nitrogen and oxygen atoms in total. The van der Waals surface area contributed by atoms with Crippen LogP contribution in [-0.4, -0.2) is 36.2 Å². The maximum Gasteiger partial charge on any atom is 0.276 e. The van der Waals surface area contributed by atoms with Crippen LogP contribution in [0.15, 0.2) is 94.9 Å². The predicted octanol–water partition coefficient (Wildman–Crippen LogP) is 4.42. The summed E-state index contributed by atoms with van der Waals surface area (Å²) in [5.41, 5.74) is 3.76. The molecule has 35 heavy (non-hydrogen) atoms. The molecule has 0 spiro atoms. The monoisotopic (exact) mass is 489 g/mol. The van der Waals surface area contributed by atoms with Gasteiger partial charge in [0.05, 0.1) is 11.0 Å². The molecule has 2 heterocycles. The van der Waals surface area contributed by atoms with E-state index in [2.05, 4.69) is 27.0 Å². The molecule has 0 aliphatic carbocycles.